The molecule has 0 aromatic carbocycles. The second-order valence-electron chi connectivity index (χ2n) is 15.4. The number of phosphoric acid groups is 1. The third-order valence-corrected chi connectivity index (χ3v) is 9.75. The minimum Gasteiger partial charge on any atom is -0.462 e. The SMILES string of the molecule is CC/C=C\C/C=C\C/C=C\C/C=C\C/C=C\C/C=C\CCC(=O)OCC(COP(=O)(O)OCC[N+](C)(C)C)OC(=O)CCCCCCCCCCCCCCC. The van der Waals surface area contributed by atoms with Gasteiger partial charge in [0, 0.05) is 12.8 Å². The fourth-order valence-corrected chi connectivity index (χ4v) is 6.13. The zero-order valence-corrected chi connectivity index (χ0v) is 37.0. The van der Waals surface area contributed by atoms with Gasteiger partial charge in [0.2, 0.25) is 0 Å². The van der Waals surface area contributed by atoms with Crippen LogP contribution in [0.15, 0.2) is 72.9 Å². The molecule has 9 nitrogen and oxygen atoms in total. The minimum absolute atomic E-state index is 0.0182. The Labute approximate surface area is 342 Å². The molecule has 0 bridgehead atoms. The van der Waals surface area contributed by atoms with Gasteiger partial charge in [0.15, 0.2) is 6.10 Å². The molecule has 0 aromatic rings. The Morgan fingerprint density at radius 2 is 1.02 bits per heavy atom. The number of quaternary nitrogens is 1. The maximum Gasteiger partial charge on any atom is 0.472 e. The van der Waals surface area contributed by atoms with E-state index in [9.17, 15) is 19.0 Å². The molecule has 0 aliphatic heterocycles. The second-order valence-corrected chi connectivity index (χ2v) is 16.8. The Kier molecular flexibility index (Phi) is 36.3. The summed E-state index contributed by atoms with van der Waals surface area (Å²) in [7, 11) is 1.43. The number of phosphoric ester groups is 1. The molecule has 2 atom stereocenters. The Bertz CT molecular complexity index is 1180. The number of hydrogen-bond donors (Lipinski definition) is 1. The van der Waals surface area contributed by atoms with Crippen molar-refractivity contribution in [2.45, 2.75) is 161 Å². The highest BCUT2D eigenvalue weighted by atomic mass is 31.2. The molecule has 1 N–H and O–H groups in total. The zero-order valence-electron chi connectivity index (χ0n) is 36.1. The molecule has 56 heavy (non-hydrogen) atoms. The third-order valence-electron chi connectivity index (χ3n) is 8.76. The van der Waals surface area contributed by atoms with Crippen molar-refractivity contribution in [3.8, 4) is 0 Å². The van der Waals surface area contributed by atoms with Crippen molar-refractivity contribution in [1.29, 1.82) is 0 Å². The molecule has 0 rings (SSSR count). The maximum absolute atomic E-state index is 12.7. The van der Waals surface area contributed by atoms with Crippen LogP contribution in [0.1, 0.15) is 155 Å². The summed E-state index contributed by atoms with van der Waals surface area (Å²) < 4.78 is 34.2. The number of carbonyl (C=O) groups excluding carboxylic acids is 2. The van der Waals surface area contributed by atoms with Gasteiger partial charge in [-0.05, 0) is 51.4 Å². The van der Waals surface area contributed by atoms with Crippen molar-refractivity contribution in [2.24, 2.45) is 0 Å². The molecule has 0 heterocycles. The number of rotatable bonds is 38. The molecule has 0 fully saturated rings. The number of nitrogens with zero attached hydrogens (tertiary/aromatic N) is 1. The minimum atomic E-state index is -4.39. The van der Waals surface area contributed by atoms with Crippen LogP contribution in [0.3, 0.4) is 0 Å². The summed E-state index contributed by atoms with van der Waals surface area (Å²) >= 11 is 0. The molecule has 0 aliphatic rings. The first kappa shape index (κ1) is 53.5. The highest BCUT2D eigenvalue weighted by Crippen LogP contribution is 2.43. The van der Waals surface area contributed by atoms with Gasteiger partial charge in [-0.3, -0.25) is 18.6 Å². The summed E-state index contributed by atoms with van der Waals surface area (Å²) in [6, 6.07) is 0. The molecule has 0 amide bonds. The number of likely N-dealkylation sites (N-methyl/N-ethyl adjacent to an activating group) is 1. The van der Waals surface area contributed by atoms with E-state index in [0.29, 0.717) is 23.9 Å². The van der Waals surface area contributed by atoms with Crippen molar-refractivity contribution in [1.82, 2.24) is 0 Å². The number of allylic oxidation sites excluding steroid dienone is 12. The molecule has 10 heteroatoms. The van der Waals surface area contributed by atoms with Crippen LogP contribution < -0.4 is 0 Å². The maximum atomic E-state index is 12.7. The lowest BCUT2D eigenvalue weighted by Gasteiger charge is -2.24. The first-order valence-corrected chi connectivity index (χ1v) is 23.2. The highest BCUT2D eigenvalue weighted by Gasteiger charge is 2.27. The molecule has 0 spiro atoms. The van der Waals surface area contributed by atoms with Crippen LogP contribution in [-0.2, 0) is 32.7 Å². The van der Waals surface area contributed by atoms with Gasteiger partial charge in [-0.1, -0.05) is 164 Å². The van der Waals surface area contributed by atoms with Crippen LogP contribution in [0.2, 0.25) is 0 Å². The summed E-state index contributed by atoms with van der Waals surface area (Å²) in [6.07, 6.45) is 46.8. The van der Waals surface area contributed by atoms with Gasteiger partial charge in [-0.25, -0.2) is 4.57 Å². The van der Waals surface area contributed by atoms with E-state index >= 15 is 0 Å². The van der Waals surface area contributed by atoms with Crippen molar-refractivity contribution in [3.63, 3.8) is 0 Å². The van der Waals surface area contributed by atoms with Gasteiger partial charge in [0.25, 0.3) is 0 Å². The molecule has 0 aliphatic carbocycles. The molecule has 322 valence electrons. The van der Waals surface area contributed by atoms with Crippen LogP contribution in [0.25, 0.3) is 0 Å². The van der Waals surface area contributed by atoms with Crippen LogP contribution >= 0.6 is 7.82 Å². The predicted octanol–water partition coefficient (Wildman–Crippen LogP) is 12.2. The van der Waals surface area contributed by atoms with Crippen LogP contribution in [0.5, 0.6) is 0 Å². The zero-order chi connectivity index (χ0) is 41.4. The van der Waals surface area contributed by atoms with Crippen molar-refractivity contribution in [2.75, 3.05) is 47.5 Å². The van der Waals surface area contributed by atoms with E-state index in [1.165, 1.54) is 57.8 Å². The lowest BCUT2D eigenvalue weighted by atomic mass is 10.0. The Morgan fingerprint density at radius 1 is 0.571 bits per heavy atom. The van der Waals surface area contributed by atoms with Crippen molar-refractivity contribution >= 4 is 19.8 Å². The van der Waals surface area contributed by atoms with E-state index in [0.717, 1.165) is 57.8 Å². The Morgan fingerprint density at radius 3 is 1.48 bits per heavy atom. The van der Waals surface area contributed by atoms with Gasteiger partial charge in [-0.15, -0.1) is 0 Å². The van der Waals surface area contributed by atoms with Crippen LogP contribution in [0.4, 0.5) is 0 Å². The number of ether oxygens (including phenoxy) is 2. The van der Waals surface area contributed by atoms with Crippen LogP contribution in [-0.4, -0.2) is 74.9 Å². The number of esters is 2. The van der Waals surface area contributed by atoms with Crippen molar-refractivity contribution in [3.05, 3.63) is 72.9 Å². The first-order valence-electron chi connectivity index (χ1n) is 21.7. The van der Waals surface area contributed by atoms with Gasteiger partial charge in [0.1, 0.15) is 19.8 Å². The van der Waals surface area contributed by atoms with Crippen LogP contribution in [0, 0.1) is 0 Å². The first-order chi connectivity index (χ1) is 27.0. The monoisotopic (exact) mass is 807 g/mol. The van der Waals surface area contributed by atoms with E-state index in [4.69, 9.17) is 18.5 Å². The number of unbranched alkanes of at least 4 members (excludes halogenated alkanes) is 12. The smallest absolute Gasteiger partial charge is 0.462 e. The average Bonchev–Trinajstić information content (AvgIpc) is 3.15. The van der Waals surface area contributed by atoms with Crippen molar-refractivity contribution < 1.29 is 42.1 Å². The molecular weight excluding hydrogens is 725 g/mol. The third kappa shape index (κ3) is 41.1. The average molecular weight is 807 g/mol. The summed E-state index contributed by atoms with van der Waals surface area (Å²) in [5, 5.41) is 0. The molecule has 0 aromatic heterocycles. The molecule has 0 saturated carbocycles. The molecule has 0 saturated heterocycles. The lowest BCUT2D eigenvalue weighted by molar-refractivity contribution is -0.870. The predicted molar refractivity (Wildman–Crippen MR) is 233 cm³/mol. The highest BCUT2D eigenvalue weighted by molar-refractivity contribution is 7.47. The number of carbonyl (C=O) groups is 2. The summed E-state index contributed by atoms with van der Waals surface area (Å²) in [5.74, 6) is -0.900. The van der Waals surface area contributed by atoms with E-state index < -0.39 is 32.5 Å². The van der Waals surface area contributed by atoms with Gasteiger partial charge >= 0.3 is 19.8 Å². The Hall–Kier alpha value is -2.55. The molecule has 2 unspecified atom stereocenters. The largest absolute Gasteiger partial charge is 0.472 e. The Balaban J connectivity index is 4.49. The van der Waals surface area contributed by atoms with Gasteiger partial charge in [-0.2, -0.15) is 0 Å². The molecular formula is C46H81NO8P+. The number of hydrogen-bond acceptors (Lipinski definition) is 7. The van der Waals surface area contributed by atoms with Gasteiger partial charge < -0.3 is 18.9 Å². The standard InChI is InChI=1S/C46H80NO8P/c1-6-8-10-12-14-16-18-20-21-22-23-24-25-27-28-30-32-34-36-38-45(48)52-42-44(43-54-56(50,51)53-41-40-47(3,4)5)55-46(49)39-37-35-33-31-29-26-19-17-15-13-11-9-7-2/h8,10,14,16,20-21,23-24,27-28,32,34,44H,6-7,9,11-13,15,17-19,22,25-26,29-31,33,35-43H2,1-5H3/p+1/b10-8-,16-14-,21-20-,24-23-,28-27-,34-32-. The molecule has 0 radical (unpaired) electrons. The summed E-state index contributed by atoms with van der Waals surface area (Å²) in [4.78, 5) is 35.3. The quantitative estimate of drug-likeness (QED) is 0.0216. The summed E-state index contributed by atoms with van der Waals surface area (Å²) in [6.45, 7) is 4.20. The fraction of sp³-hybridized carbons (Fsp3) is 0.696. The normalized spacial score (nSPS) is 14.3. The lowest BCUT2D eigenvalue weighted by Crippen LogP contribution is -2.37. The topological polar surface area (TPSA) is 108 Å². The van der Waals surface area contributed by atoms with E-state index in [1.807, 2.05) is 33.3 Å². The van der Waals surface area contributed by atoms with E-state index in [-0.39, 0.29) is 26.1 Å². The van der Waals surface area contributed by atoms with E-state index in [1.54, 1.807) is 0 Å². The summed E-state index contributed by atoms with van der Waals surface area (Å²) in [5.41, 5.74) is 0. The fourth-order valence-electron chi connectivity index (χ4n) is 5.39. The van der Waals surface area contributed by atoms with Gasteiger partial charge in [0.05, 0.1) is 27.7 Å². The second kappa shape index (κ2) is 38.0. The van der Waals surface area contributed by atoms with E-state index in [2.05, 4.69) is 74.6 Å².